The number of nitrogens with zero attached hydrogens (tertiary/aromatic N) is 2. The summed E-state index contributed by atoms with van der Waals surface area (Å²) in [5.74, 6) is -1.03. The number of primary amides is 1. The van der Waals surface area contributed by atoms with Crippen molar-refractivity contribution in [2.75, 3.05) is 6.54 Å². The molecule has 7 heteroatoms. The van der Waals surface area contributed by atoms with E-state index < -0.39 is 17.5 Å². The third-order valence-corrected chi connectivity index (χ3v) is 4.81. The van der Waals surface area contributed by atoms with Crippen LogP contribution in [0.25, 0.3) is 0 Å². The fraction of sp³-hybridized carbons (Fsp3) is 0.667. The van der Waals surface area contributed by atoms with Crippen molar-refractivity contribution in [1.82, 2.24) is 15.1 Å². The average Bonchev–Trinajstić information content (AvgIpc) is 3.16. The molecular weight excluding hydrogens is 287 g/mol. The summed E-state index contributed by atoms with van der Waals surface area (Å²) in [6, 6.07) is -0.348. The van der Waals surface area contributed by atoms with Gasteiger partial charge in [-0.05, 0) is 44.9 Å². The van der Waals surface area contributed by atoms with Crippen molar-refractivity contribution in [3.8, 4) is 0 Å². The Balaban J connectivity index is 1.90. The highest BCUT2D eigenvalue weighted by atomic mass is 19.1. The number of nitrogens with one attached hydrogen (secondary N) is 1. The van der Waals surface area contributed by atoms with E-state index in [0.717, 1.165) is 25.7 Å². The Morgan fingerprint density at radius 2 is 2.05 bits per heavy atom. The first-order valence-corrected chi connectivity index (χ1v) is 7.86. The number of aromatic nitrogens is 2. The standard InChI is InChI=1S/C15H21FN4O2/c16-15(6-2-3-7-15)14(22)20-8-4-1-5-11(20)12-10(13(17)21)9-18-19-12/h9,11H,1-8H2,(H2,17,21)(H,18,19). The van der Waals surface area contributed by atoms with E-state index in [1.807, 2.05) is 0 Å². The topological polar surface area (TPSA) is 92.1 Å². The van der Waals surface area contributed by atoms with E-state index in [9.17, 15) is 14.0 Å². The van der Waals surface area contributed by atoms with Crippen LogP contribution in [0.4, 0.5) is 4.39 Å². The van der Waals surface area contributed by atoms with Gasteiger partial charge in [0.1, 0.15) is 0 Å². The highest BCUT2D eigenvalue weighted by Gasteiger charge is 2.46. The maximum absolute atomic E-state index is 14.9. The van der Waals surface area contributed by atoms with E-state index in [1.54, 1.807) is 4.90 Å². The zero-order chi connectivity index (χ0) is 15.7. The molecule has 2 amide bonds. The van der Waals surface area contributed by atoms with Crippen LogP contribution in [0, 0.1) is 0 Å². The normalized spacial score (nSPS) is 24.4. The number of nitrogens with two attached hydrogens (primary N) is 1. The maximum atomic E-state index is 14.9. The van der Waals surface area contributed by atoms with Gasteiger partial charge in [-0.1, -0.05) is 0 Å². The molecule has 0 bridgehead atoms. The summed E-state index contributed by atoms with van der Waals surface area (Å²) in [4.78, 5) is 25.8. The number of halogens is 1. The highest BCUT2D eigenvalue weighted by Crippen LogP contribution is 2.39. The smallest absolute Gasteiger partial charge is 0.260 e. The number of rotatable bonds is 3. The van der Waals surface area contributed by atoms with Gasteiger partial charge in [-0.2, -0.15) is 5.10 Å². The Bertz CT molecular complexity index is 580. The third-order valence-electron chi connectivity index (χ3n) is 4.81. The molecule has 0 aromatic carbocycles. The third kappa shape index (κ3) is 2.48. The van der Waals surface area contributed by atoms with Crippen LogP contribution in [-0.2, 0) is 4.79 Å². The second kappa shape index (κ2) is 5.70. The van der Waals surface area contributed by atoms with Gasteiger partial charge in [0, 0.05) is 6.54 Å². The Labute approximate surface area is 128 Å². The molecule has 1 saturated carbocycles. The summed E-state index contributed by atoms with van der Waals surface area (Å²) in [6.45, 7) is 0.506. The number of hydrogen-bond donors (Lipinski definition) is 2. The van der Waals surface area contributed by atoms with Gasteiger partial charge in [0.15, 0.2) is 5.67 Å². The van der Waals surface area contributed by atoms with Crippen LogP contribution in [0.15, 0.2) is 6.20 Å². The highest BCUT2D eigenvalue weighted by molar-refractivity contribution is 5.94. The van der Waals surface area contributed by atoms with Crippen LogP contribution in [0.3, 0.4) is 0 Å². The van der Waals surface area contributed by atoms with E-state index >= 15 is 0 Å². The van der Waals surface area contributed by atoms with Gasteiger partial charge >= 0.3 is 0 Å². The lowest BCUT2D eigenvalue weighted by Crippen LogP contribution is -2.48. The van der Waals surface area contributed by atoms with Gasteiger partial charge in [0.2, 0.25) is 0 Å². The molecule has 1 saturated heterocycles. The van der Waals surface area contributed by atoms with Crippen LogP contribution < -0.4 is 5.73 Å². The van der Waals surface area contributed by atoms with Crippen molar-refractivity contribution < 1.29 is 14.0 Å². The number of carbonyl (C=O) groups excluding carboxylic acids is 2. The number of alkyl halides is 1. The molecule has 120 valence electrons. The molecule has 1 aromatic heterocycles. The summed E-state index contributed by atoms with van der Waals surface area (Å²) in [5, 5.41) is 6.65. The Morgan fingerprint density at radius 3 is 2.73 bits per heavy atom. The molecule has 1 aromatic rings. The van der Waals surface area contributed by atoms with Gasteiger partial charge in [-0.25, -0.2) is 4.39 Å². The molecule has 0 radical (unpaired) electrons. The predicted octanol–water partition coefficient (Wildman–Crippen LogP) is 1.84. The number of piperidine rings is 1. The largest absolute Gasteiger partial charge is 0.365 e. The first kappa shape index (κ1) is 15.0. The second-order valence-electron chi connectivity index (χ2n) is 6.24. The molecule has 0 spiro atoms. The zero-order valence-corrected chi connectivity index (χ0v) is 12.5. The van der Waals surface area contributed by atoms with E-state index in [4.69, 9.17) is 5.73 Å². The summed E-state index contributed by atoms with van der Waals surface area (Å²) in [7, 11) is 0. The molecule has 1 aliphatic heterocycles. The van der Waals surface area contributed by atoms with Crippen LogP contribution in [0.2, 0.25) is 0 Å². The molecular formula is C15H21FN4O2. The van der Waals surface area contributed by atoms with Crippen LogP contribution in [0.5, 0.6) is 0 Å². The number of likely N-dealkylation sites (tertiary alicyclic amines) is 1. The van der Waals surface area contributed by atoms with Crippen LogP contribution >= 0.6 is 0 Å². The first-order valence-electron chi connectivity index (χ1n) is 7.86. The summed E-state index contributed by atoms with van der Waals surface area (Å²) < 4.78 is 14.9. The molecule has 3 N–H and O–H groups in total. The molecule has 1 atom stereocenters. The number of carbonyl (C=O) groups is 2. The Morgan fingerprint density at radius 1 is 1.32 bits per heavy atom. The van der Waals surface area contributed by atoms with Gasteiger partial charge < -0.3 is 10.6 Å². The number of hydrogen-bond acceptors (Lipinski definition) is 3. The molecule has 2 aliphatic rings. The average molecular weight is 308 g/mol. The summed E-state index contributed by atoms with van der Waals surface area (Å²) in [6.07, 6.45) is 5.90. The van der Waals surface area contributed by atoms with Crippen molar-refractivity contribution in [2.45, 2.75) is 56.7 Å². The fourth-order valence-corrected chi connectivity index (χ4v) is 3.63. The van der Waals surface area contributed by atoms with Crippen molar-refractivity contribution in [2.24, 2.45) is 5.73 Å². The quantitative estimate of drug-likeness (QED) is 0.892. The monoisotopic (exact) mass is 308 g/mol. The van der Waals surface area contributed by atoms with Gasteiger partial charge in [0.25, 0.3) is 11.8 Å². The maximum Gasteiger partial charge on any atom is 0.260 e. The lowest BCUT2D eigenvalue weighted by molar-refractivity contribution is -0.148. The van der Waals surface area contributed by atoms with Crippen molar-refractivity contribution in [1.29, 1.82) is 0 Å². The van der Waals surface area contributed by atoms with Crippen molar-refractivity contribution in [3.05, 3.63) is 17.5 Å². The van der Waals surface area contributed by atoms with E-state index in [1.165, 1.54) is 6.20 Å². The molecule has 1 aliphatic carbocycles. The van der Waals surface area contributed by atoms with Crippen LogP contribution in [-0.4, -0.2) is 39.1 Å². The van der Waals surface area contributed by atoms with E-state index in [2.05, 4.69) is 10.2 Å². The second-order valence-corrected chi connectivity index (χ2v) is 6.24. The van der Waals surface area contributed by atoms with Crippen molar-refractivity contribution in [3.63, 3.8) is 0 Å². The molecule has 2 heterocycles. The zero-order valence-electron chi connectivity index (χ0n) is 12.5. The molecule has 22 heavy (non-hydrogen) atoms. The first-order chi connectivity index (χ1) is 10.5. The minimum Gasteiger partial charge on any atom is -0.365 e. The van der Waals surface area contributed by atoms with Crippen molar-refractivity contribution >= 4 is 11.8 Å². The van der Waals surface area contributed by atoms with Gasteiger partial charge in [-0.3, -0.25) is 14.7 Å². The lowest BCUT2D eigenvalue weighted by atomic mass is 9.93. The summed E-state index contributed by atoms with van der Waals surface area (Å²) >= 11 is 0. The molecule has 2 fully saturated rings. The van der Waals surface area contributed by atoms with Crippen LogP contribution in [0.1, 0.15) is 67.0 Å². The van der Waals surface area contributed by atoms with Gasteiger partial charge in [0.05, 0.1) is 23.5 Å². The summed E-state index contributed by atoms with van der Waals surface area (Å²) in [5.41, 5.74) is 4.42. The lowest BCUT2D eigenvalue weighted by Gasteiger charge is -2.38. The predicted molar refractivity (Wildman–Crippen MR) is 77.7 cm³/mol. The number of amides is 2. The number of aromatic amines is 1. The number of H-pyrrole nitrogens is 1. The van der Waals surface area contributed by atoms with E-state index in [-0.39, 0.29) is 11.6 Å². The molecule has 6 nitrogen and oxygen atoms in total. The fourth-order valence-electron chi connectivity index (χ4n) is 3.63. The minimum absolute atomic E-state index is 0.282. The minimum atomic E-state index is -1.75. The molecule has 3 rings (SSSR count). The van der Waals surface area contributed by atoms with Gasteiger partial charge in [-0.15, -0.1) is 0 Å². The Hall–Kier alpha value is -1.92. The molecule has 1 unspecified atom stereocenters. The Kier molecular flexibility index (Phi) is 3.88. The van der Waals surface area contributed by atoms with E-state index in [0.29, 0.717) is 31.5 Å². The SMILES string of the molecule is NC(=O)c1cn[nH]c1C1CCCCN1C(=O)C1(F)CCCC1.